The van der Waals surface area contributed by atoms with Crippen LogP contribution < -0.4 is 19.9 Å². The molecule has 7 nitrogen and oxygen atoms in total. The van der Waals surface area contributed by atoms with Crippen LogP contribution in [0.2, 0.25) is 0 Å². The van der Waals surface area contributed by atoms with Crippen molar-refractivity contribution in [3.8, 4) is 17.0 Å². The van der Waals surface area contributed by atoms with Gasteiger partial charge in [-0.25, -0.2) is 4.90 Å². The molecule has 0 bridgehead atoms. The van der Waals surface area contributed by atoms with E-state index in [0.717, 1.165) is 11.3 Å². The first-order valence-electron chi connectivity index (χ1n) is 9.27. The highest BCUT2D eigenvalue weighted by atomic mass is 32.2. The zero-order chi connectivity index (χ0) is 20.5. The van der Waals surface area contributed by atoms with E-state index < -0.39 is 6.17 Å². The Morgan fingerprint density at radius 3 is 2.62 bits per heavy atom. The van der Waals surface area contributed by atoms with Gasteiger partial charge >= 0.3 is 11.3 Å². The summed E-state index contributed by atoms with van der Waals surface area (Å²) >= 11 is 1.34. The highest BCUT2D eigenvalue weighted by Crippen LogP contribution is 2.37. The molecule has 148 valence electrons. The first-order valence-corrected chi connectivity index (χ1v) is 10.5. The van der Waals surface area contributed by atoms with E-state index in [1.165, 1.54) is 18.7 Å². The standard InChI is InChI=1S/C21H20N4O3S/c1-4-28-15-11-9-14(10-12-15)20-24(13(2)26)17-8-6-5-7-16(17)18-19(27)22-21(29-3)23-25(18)20/h5-12,20H,4H2,1-3H3/p+1. The van der Waals surface area contributed by atoms with Crippen molar-refractivity contribution in [2.24, 2.45) is 0 Å². The number of hydrogen-bond donors (Lipinski definition) is 1. The number of aromatic nitrogens is 3. The highest BCUT2D eigenvalue weighted by molar-refractivity contribution is 7.98. The lowest BCUT2D eigenvalue weighted by atomic mass is 10.0. The van der Waals surface area contributed by atoms with E-state index in [4.69, 9.17) is 4.74 Å². The predicted molar refractivity (Wildman–Crippen MR) is 111 cm³/mol. The number of para-hydroxylation sites is 1. The summed E-state index contributed by atoms with van der Waals surface area (Å²) in [6, 6.07) is 14.9. The van der Waals surface area contributed by atoms with Gasteiger partial charge in [0.2, 0.25) is 11.1 Å². The molecule has 0 saturated heterocycles. The van der Waals surface area contributed by atoms with E-state index in [9.17, 15) is 9.59 Å². The number of rotatable bonds is 4. The average molecular weight is 409 g/mol. The van der Waals surface area contributed by atoms with Gasteiger partial charge < -0.3 is 4.74 Å². The Morgan fingerprint density at radius 1 is 1.24 bits per heavy atom. The molecule has 0 aliphatic carbocycles. The van der Waals surface area contributed by atoms with Gasteiger partial charge in [-0.3, -0.25) is 14.6 Å². The van der Waals surface area contributed by atoms with Crippen LogP contribution in [-0.2, 0) is 4.79 Å². The van der Waals surface area contributed by atoms with Gasteiger partial charge in [-0.2, -0.15) is 0 Å². The molecule has 3 aromatic rings. The molecule has 1 amide bonds. The molecule has 1 aromatic heterocycles. The molecule has 29 heavy (non-hydrogen) atoms. The van der Waals surface area contributed by atoms with E-state index in [0.29, 0.717) is 28.7 Å². The normalized spacial score (nSPS) is 14.9. The third-order valence-corrected chi connectivity index (χ3v) is 5.35. The van der Waals surface area contributed by atoms with E-state index in [2.05, 4.69) is 10.1 Å². The van der Waals surface area contributed by atoms with Crippen molar-refractivity contribution in [2.75, 3.05) is 17.8 Å². The van der Waals surface area contributed by atoms with Crippen LogP contribution in [0, 0.1) is 0 Å². The van der Waals surface area contributed by atoms with Gasteiger partial charge in [0, 0.05) is 17.6 Å². The zero-order valence-electron chi connectivity index (χ0n) is 16.4. The van der Waals surface area contributed by atoms with Crippen molar-refractivity contribution in [1.82, 2.24) is 10.1 Å². The van der Waals surface area contributed by atoms with Crippen LogP contribution in [0.1, 0.15) is 25.6 Å². The monoisotopic (exact) mass is 409 g/mol. The summed E-state index contributed by atoms with van der Waals surface area (Å²) in [7, 11) is 0. The molecule has 0 radical (unpaired) electrons. The predicted octanol–water partition coefficient (Wildman–Crippen LogP) is 2.76. The number of benzene rings is 2. The summed E-state index contributed by atoms with van der Waals surface area (Å²) in [6.07, 6.45) is 1.26. The van der Waals surface area contributed by atoms with Crippen molar-refractivity contribution < 1.29 is 14.2 Å². The topological polar surface area (TPSA) is 79.2 Å². The third-order valence-electron chi connectivity index (χ3n) is 4.78. The Morgan fingerprint density at radius 2 is 1.97 bits per heavy atom. The van der Waals surface area contributed by atoms with Gasteiger partial charge in [0.25, 0.3) is 6.17 Å². The number of nitrogens with one attached hydrogen (secondary N) is 1. The fraction of sp³-hybridized carbons (Fsp3) is 0.238. The van der Waals surface area contributed by atoms with E-state index in [1.807, 2.05) is 61.7 Å². The van der Waals surface area contributed by atoms with Crippen molar-refractivity contribution in [3.63, 3.8) is 0 Å². The van der Waals surface area contributed by atoms with Crippen molar-refractivity contribution >= 4 is 23.4 Å². The number of ether oxygens (including phenoxy) is 1. The number of H-pyrrole nitrogens is 1. The molecule has 1 aliphatic rings. The van der Waals surface area contributed by atoms with Crippen molar-refractivity contribution in [1.29, 1.82) is 0 Å². The van der Waals surface area contributed by atoms with Crippen molar-refractivity contribution in [3.05, 3.63) is 64.4 Å². The zero-order valence-corrected chi connectivity index (χ0v) is 17.2. The van der Waals surface area contributed by atoms with E-state index >= 15 is 0 Å². The first kappa shape index (κ1) is 19.2. The van der Waals surface area contributed by atoms with Crippen LogP contribution >= 0.6 is 11.8 Å². The smallest absolute Gasteiger partial charge is 0.325 e. The fourth-order valence-corrected chi connectivity index (χ4v) is 3.97. The van der Waals surface area contributed by atoms with Crippen LogP contribution in [0.15, 0.2) is 58.5 Å². The maximum absolute atomic E-state index is 12.9. The van der Waals surface area contributed by atoms with Gasteiger partial charge in [0.05, 0.1) is 17.9 Å². The molecule has 1 unspecified atom stereocenters. The van der Waals surface area contributed by atoms with Gasteiger partial charge in [-0.05, 0) is 54.3 Å². The van der Waals surface area contributed by atoms with Crippen LogP contribution in [0.3, 0.4) is 0 Å². The molecule has 1 aliphatic heterocycles. The summed E-state index contributed by atoms with van der Waals surface area (Å²) in [4.78, 5) is 30.2. The molecule has 2 heterocycles. The first-order chi connectivity index (χ1) is 14.0. The number of thioether (sulfide) groups is 1. The SMILES string of the molecule is CCOc1ccc(C2N(C(C)=O)c3ccccc3-c3c(=O)[nH]c(SC)n[n+]32)cc1. The van der Waals surface area contributed by atoms with Crippen molar-refractivity contribution in [2.45, 2.75) is 25.2 Å². The van der Waals surface area contributed by atoms with E-state index in [-0.39, 0.29) is 11.5 Å². The number of amides is 1. The minimum Gasteiger partial charge on any atom is -0.494 e. The summed E-state index contributed by atoms with van der Waals surface area (Å²) < 4.78 is 7.19. The number of anilines is 1. The number of hydrogen-bond acceptors (Lipinski definition) is 5. The summed E-state index contributed by atoms with van der Waals surface area (Å²) in [6.45, 7) is 4.02. The van der Waals surface area contributed by atoms with Gasteiger partial charge in [-0.1, -0.05) is 23.9 Å². The molecule has 8 heteroatoms. The van der Waals surface area contributed by atoms with Gasteiger partial charge in [0.1, 0.15) is 5.75 Å². The lowest BCUT2D eigenvalue weighted by molar-refractivity contribution is -0.763. The number of fused-ring (bicyclic) bond motifs is 3. The minimum atomic E-state index is -0.582. The molecule has 4 rings (SSSR count). The summed E-state index contributed by atoms with van der Waals surface area (Å²) in [5.74, 6) is 0.609. The Balaban J connectivity index is 2.00. The Kier molecular flexibility index (Phi) is 5.10. The second-order valence-corrected chi connectivity index (χ2v) is 7.33. The van der Waals surface area contributed by atoms with Crippen LogP contribution in [0.5, 0.6) is 5.75 Å². The van der Waals surface area contributed by atoms with Crippen LogP contribution in [0.4, 0.5) is 5.69 Å². The number of carbonyl (C=O) groups excluding carboxylic acids is 1. The van der Waals surface area contributed by atoms with Crippen LogP contribution in [-0.4, -0.2) is 28.9 Å². The maximum atomic E-state index is 12.9. The number of carbonyl (C=O) groups is 1. The quantitative estimate of drug-likeness (QED) is 0.530. The van der Waals surface area contributed by atoms with Crippen LogP contribution in [0.25, 0.3) is 11.3 Å². The highest BCUT2D eigenvalue weighted by Gasteiger charge is 2.44. The molecule has 0 fully saturated rings. The molecule has 1 atom stereocenters. The minimum absolute atomic E-state index is 0.137. The molecular formula is C21H21N4O3S+. The lowest BCUT2D eigenvalue weighted by Gasteiger charge is -2.31. The van der Waals surface area contributed by atoms with Gasteiger partial charge in [0.15, 0.2) is 0 Å². The van der Waals surface area contributed by atoms with Gasteiger partial charge in [-0.15, -0.1) is 0 Å². The largest absolute Gasteiger partial charge is 0.494 e. The third kappa shape index (κ3) is 3.29. The lowest BCUT2D eigenvalue weighted by Crippen LogP contribution is -2.60. The Hall–Kier alpha value is -3.13. The summed E-state index contributed by atoms with van der Waals surface area (Å²) in [5.41, 5.74) is 2.37. The van der Waals surface area contributed by atoms with E-state index in [1.54, 1.807) is 9.58 Å². The second-order valence-electron chi connectivity index (χ2n) is 6.54. The molecule has 0 spiro atoms. The maximum Gasteiger partial charge on any atom is 0.325 e. The Labute approximate surface area is 172 Å². The number of aromatic amines is 1. The molecule has 1 N–H and O–H groups in total. The molecular weight excluding hydrogens is 388 g/mol. The average Bonchev–Trinajstić information content (AvgIpc) is 2.73. The summed E-state index contributed by atoms with van der Waals surface area (Å²) in [5, 5.41) is 5.12. The molecule has 0 saturated carbocycles. The number of nitrogens with zero attached hydrogens (tertiary/aromatic N) is 3. The second kappa shape index (κ2) is 7.71. The fourth-order valence-electron chi connectivity index (χ4n) is 3.61. The molecule has 2 aromatic carbocycles. The Bertz CT molecular complexity index is 1130.